The van der Waals surface area contributed by atoms with Gasteiger partial charge in [0.1, 0.15) is 12.2 Å². The Kier molecular flexibility index (Phi) is 9.00. The fraction of sp³-hybridized carbons (Fsp3) is 0.667. The molecule has 0 aromatic rings. The van der Waals surface area contributed by atoms with Crippen molar-refractivity contribution in [2.45, 2.75) is 24.4 Å². The number of aliphatic hydroxyl groups is 4. The third-order valence-electron chi connectivity index (χ3n) is 1.50. The van der Waals surface area contributed by atoms with Crippen LogP contribution in [0.5, 0.6) is 0 Å². The van der Waals surface area contributed by atoms with Crippen molar-refractivity contribution in [2.24, 2.45) is 0 Å². The molecule has 1 radical (unpaired) electrons. The van der Waals surface area contributed by atoms with Crippen LogP contribution in [0.1, 0.15) is 0 Å². The SMILES string of the molecule is O=C(O)C(O)C(O)C(O)C(O)C(=O)O.[Eu]. The van der Waals surface area contributed by atoms with Crippen LogP contribution in [0.2, 0.25) is 0 Å². The van der Waals surface area contributed by atoms with E-state index < -0.39 is 36.4 Å². The van der Waals surface area contributed by atoms with Crippen LogP contribution < -0.4 is 0 Å². The molecule has 0 saturated carbocycles. The summed E-state index contributed by atoms with van der Waals surface area (Å²) in [5.74, 6) is -3.68. The van der Waals surface area contributed by atoms with Gasteiger partial charge < -0.3 is 30.6 Å². The van der Waals surface area contributed by atoms with Gasteiger partial charge in [-0.25, -0.2) is 9.59 Å². The molecule has 9 heteroatoms. The van der Waals surface area contributed by atoms with Crippen LogP contribution in [0, 0.1) is 49.4 Å². The zero-order valence-corrected chi connectivity index (χ0v) is 9.61. The van der Waals surface area contributed by atoms with E-state index >= 15 is 0 Å². The molecule has 0 aliphatic heterocycles. The van der Waals surface area contributed by atoms with Gasteiger partial charge in [-0.2, -0.15) is 0 Å². The number of aliphatic carboxylic acids is 2. The van der Waals surface area contributed by atoms with Crippen LogP contribution in [-0.2, 0) is 9.59 Å². The zero-order chi connectivity index (χ0) is 11.5. The summed E-state index contributed by atoms with van der Waals surface area (Å²) in [6, 6.07) is 0. The third-order valence-corrected chi connectivity index (χ3v) is 1.50. The molecule has 0 aliphatic carbocycles. The summed E-state index contributed by atoms with van der Waals surface area (Å²) in [4.78, 5) is 20.2. The van der Waals surface area contributed by atoms with Crippen LogP contribution >= 0.6 is 0 Å². The second-order valence-electron chi connectivity index (χ2n) is 2.55. The number of carbonyl (C=O) groups is 2. The standard InChI is InChI=1S/C6H10O8.Eu/c7-1(3(9)5(11)12)2(8)4(10)6(13)14;/h1-4,7-10H,(H,11,12)(H,13,14);. The van der Waals surface area contributed by atoms with Gasteiger partial charge in [-0.05, 0) is 0 Å². The predicted molar refractivity (Wildman–Crippen MR) is 39.3 cm³/mol. The molecule has 0 heterocycles. The minimum Gasteiger partial charge on any atom is -0.479 e. The van der Waals surface area contributed by atoms with E-state index in [9.17, 15) is 9.59 Å². The first-order valence-corrected chi connectivity index (χ1v) is 3.47. The molecule has 0 fully saturated rings. The molecular weight excluding hydrogens is 352 g/mol. The van der Waals surface area contributed by atoms with Crippen LogP contribution in [0.25, 0.3) is 0 Å². The summed E-state index contributed by atoms with van der Waals surface area (Å²) in [7, 11) is 0. The number of hydrogen-bond acceptors (Lipinski definition) is 6. The van der Waals surface area contributed by atoms with E-state index in [2.05, 4.69) is 0 Å². The quantitative estimate of drug-likeness (QED) is 0.296. The summed E-state index contributed by atoms with van der Waals surface area (Å²) in [6.07, 6.45) is -9.28. The largest absolute Gasteiger partial charge is 0.479 e. The maximum atomic E-state index is 10.1. The smallest absolute Gasteiger partial charge is 0.335 e. The van der Waals surface area contributed by atoms with Gasteiger partial charge in [-0.3, -0.25) is 0 Å². The third kappa shape index (κ3) is 5.30. The van der Waals surface area contributed by atoms with Gasteiger partial charge in [0.05, 0.1) is 0 Å². The second kappa shape index (κ2) is 7.61. The molecule has 15 heavy (non-hydrogen) atoms. The Morgan fingerprint density at radius 1 is 0.733 bits per heavy atom. The Hall–Kier alpha value is 0.364. The van der Waals surface area contributed by atoms with Crippen LogP contribution in [0.15, 0.2) is 0 Å². The molecule has 0 aliphatic rings. The molecule has 0 aromatic heterocycles. The van der Waals surface area contributed by atoms with Crippen molar-refractivity contribution in [1.82, 2.24) is 0 Å². The second-order valence-corrected chi connectivity index (χ2v) is 2.55. The van der Waals surface area contributed by atoms with Crippen LogP contribution in [-0.4, -0.2) is 67.0 Å². The Labute approximate surface area is 125 Å². The molecule has 0 rings (SSSR count). The molecule has 0 bridgehead atoms. The minimum absolute atomic E-state index is 0. The Morgan fingerprint density at radius 2 is 0.933 bits per heavy atom. The van der Waals surface area contributed by atoms with E-state index in [1.807, 2.05) is 0 Å². The van der Waals surface area contributed by atoms with Crippen molar-refractivity contribution >= 4 is 11.9 Å². The van der Waals surface area contributed by atoms with Gasteiger partial charge in [0.2, 0.25) is 0 Å². The number of carboxylic acids is 2. The van der Waals surface area contributed by atoms with Crippen molar-refractivity contribution in [3.63, 3.8) is 0 Å². The minimum atomic E-state index is -2.36. The first kappa shape index (κ1) is 17.7. The van der Waals surface area contributed by atoms with Crippen LogP contribution in [0.4, 0.5) is 0 Å². The molecule has 0 aromatic carbocycles. The van der Waals surface area contributed by atoms with E-state index in [1.165, 1.54) is 0 Å². The molecule has 4 unspecified atom stereocenters. The summed E-state index contributed by atoms with van der Waals surface area (Å²) >= 11 is 0. The number of aliphatic hydroxyl groups excluding tert-OH is 4. The van der Waals surface area contributed by atoms with Crippen molar-refractivity contribution in [2.75, 3.05) is 0 Å². The van der Waals surface area contributed by atoms with Crippen molar-refractivity contribution < 1.29 is 89.6 Å². The molecular formula is C6H10EuO8. The van der Waals surface area contributed by atoms with E-state index in [4.69, 9.17) is 30.6 Å². The zero-order valence-electron chi connectivity index (χ0n) is 7.19. The van der Waals surface area contributed by atoms with Crippen LogP contribution in [0.3, 0.4) is 0 Å². The normalized spacial score (nSPS) is 18.1. The molecule has 0 spiro atoms. The van der Waals surface area contributed by atoms with Gasteiger partial charge in [0.15, 0.2) is 12.2 Å². The van der Waals surface area contributed by atoms with Gasteiger partial charge in [-0.15, -0.1) is 0 Å². The topological polar surface area (TPSA) is 156 Å². The first-order valence-electron chi connectivity index (χ1n) is 3.47. The maximum Gasteiger partial charge on any atom is 0.335 e. The van der Waals surface area contributed by atoms with Crippen molar-refractivity contribution in [3.05, 3.63) is 0 Å². The number of rotatable bonds is 5. The molecule has 0 saturated heterocycles. The molecule has 6 N–H and O–H groups in total. The van der Waals surface area contributed by atoms with Crippen molar-refractivity contribution in [3.8, 4) is 0 Å². The van der Waals surface area contributed by atoms with Crippen molar-refractivity contribution in [1.29, 1.82) is 0 Å². The average Bonchev–Trinajstić information content (AvgIpc) is 2.12. The predicted octanol–water partition coefficient (Wildman–Crippen LogP) is -3.40. The van der Waals surface area contributed by atoms with Gasteiger partial charge in [0, 0.05) is 49.4 Å². The summed E-state index contributed by atoms with van der Waals surface area (Å²) in [5.41, 5.74) is 0. The monoisotopic (exact) mass is 363 g/mol. The van der Waals surface area contributed by atoms with Gasteiger partial charge in [0.25, 0.3) is 0 Å². The fourth-order valence-corrected chi connectivity index (χ4v) is 0.666. The Morgan fingerprint density at radius 3 is 1.07 bits per heavy atom. The summed E-state index contributed by atoms with van der Waals surface area (Å²) in [5, 5.41) is 51.5. The summed E-state index contributed by atoms with van der Waals surface area (Å²) < 4.78 is 0. The fourth-order valence-electron chi connectivity index (χ4n) is 0.666. The Balaban J connectivity index is 0. The van der Waals surface area contributed by atoms with E-state index in [0.29, 0.717) is 0 Å². The maximum absolute atomic E-state index is 10.1. The summed E-state index contributed by atoms with van der Waals surface area (Å²) in [6.45, 7) is 0. The average molecular weight is 362 g/mol. The number of hydrogen-bond donors (Lipinski definition) is 6. The van der Waals surface area contributed by atoms with Gasteiger partial charge in [-0.1, -0.05) is 0 Å². The number of carboxylic acid groups (broad SMARTS) is 2. The molecule has 4 atom stereocenters. The molecule has 8 nitrogen and oxygen atoms in total. The van der Waals surface area contributed by atoms with Gasteiger partial charge >= 0.3 is 11.9 Å². The van der Waals surface area contributed by atoms with E-state index in [-0.39, 0.29) is 49.4 Å². The molecule has 89 valence electrons. The van der Waals surface area contributed by atoms with E-state index in [1.54, 1.807) is 0 Å². The van der Waals surface area contributed by atoms with E-state index in [0.717, 1.165) is 0 Å². The Bertz CT molecular complexity index is 207. The molecule has 0 amide bonds. The first-order chi connectivity index (χ1) is 6.29.